The fraction of sp³-hybridized carbons (Fsp3) is 0.200. The normalized spacial score (nSPS) is 9.94. The van der Waals surface area contributed by atoms with Crippen molar-refractivity contribution in [1.82, 2.24) is 9.38 Å². The fourth-order valence-electron chi connectivity index (χ4n) is 1.46. The van der Waals surface area contributed by atoms with E-state index in [0.29, 0.717) is 16.9 Å². The van der Waals surface area contributed by atoms with Gasteiger partial charge in [-0.25, -0.2) is 9.78 Å². The number of aromatic nitrogens is 2. The summed E-state index contributed by atoms with van der Waals surface area (Å²) >= 11 is 0. The van der Waals surface area contributed by atoms with Crippen LogP contribution in [0.1, 0.15) is 16.1 Å². The van der Waals surface area contributed by atoms with Gasteiger partial charge in [0.2, 0.25) is 0 Å². The van der Waals surface area contributed by atoms with Crippen LogP contribution in [-0.2, 0) is 11.3 Å². The van der Waals surface area contributed by atoms with Crippen LogP contribution in [0, 0.1) is 0 Å². The number of carbonyl (C=O) groups excluding carboxylic acids is 1. The molecule has 17 heavy (non-hydrogen) atoms. The Morgan fingerprint density at radius 1 is 1.59 bits per heavy atom. The zero-order valence-corrected chi connectivity index (χ0v) is 9.07. The minimum Gasteiger partial charge on any atom is -0.465 e. The highest BCUT2D eigenvalue weighted by molar-refractivity contribution is 5.89. The first-order chi connectivity index (χ1) is 8.24. The Bertz CT molecular complexity index is 612. The summed E-state index contributed by atoms with van der Waals surface area (Å²) in [6, 6.07) is 3.33. The van der Waals surface area contributed by atoms with E-state index in [1.165, 1.54) is 7.11 Å². The van der Waals surface area contributed by atoms with Crippen LogP contribution in [0.3, 0.4) is 0 Å². The molecule has 0 bridgehead atoms. The summed E-state index contributed by atoms with van der Waals surface area (Å²) in [5.74, 6) is -0.405. The van der Waals surface area contributed by atoms with Crippen LogP contribution in [0.2, 0.25) is 0 Å². The second-order valence-electron chi connectivity index (χ2n) is 3.30. The molecule has 0 saturated carbocycles. The smallest absolute Gasteiger partial charge is 0.339 e. The van der Waals surface area contributed by atoms with Gasteiger partial charge in [-0.2, -0.15) is 0 Å². The monoisotopic (exact) mass is 231 g/mol. The molecule has 0 atom stereocenters. The summed E-state index contributed by atoms with van der Waals surface area (Å²) < 4.78 is 6.31. The molecule has 2 aromatic rings. The summed E-state index contributed by atoms with van der Waals surface area (Å²) in [6.45, 7) is 0.186. The number of ether oxygens (including phenoxy) is 1. The molecule has 0 aliphatic rings. The molecule has 0 aromatic carbocycles. The van der Waals surface area contributed by atoms with Crippen LogP contribution >= 0.6 is 0 Å². The van der Waals surface area contributed by atoms with E-state index in [2.05, 4.69) is 19.7 Å². The predicted molar refractivity (Wildman–Crippen MR) is 59.4 cm³/mol. The number of imidazole rings is 1. The van der Waals surface area contributed by atoms with Crippen molar-refractivity contribution in [3.05, 3.63) is 46.2 Å². The number of carbonyl (C=O) groups is 1. The molecular weight excluding hydrogens is 222 g/mol. The molecule has 2 rings (SSSR count). The molecule has 0 spiro atoms. The number of pyridine rings is 1. The van der Waals surface area contributed by atoms with E-state index in [9.17, 15) is 4.79 Å². The van der Waals surface area contributed by atoms with Gasteiger partial charge in [-0.05, 0) is 17.7 Å². The number of methoxy groups -OCH3 is 1. The molecule has 7 nitrogen and oxygen atoms in total. The number of fused-ring (bicyclic) bond motifs is 1. The molecule has 2 heterocycles. The van der Waals surface area contributed by atoms with E-state index in [-0.39, 0.29) is 6.54 Å². The van der Waals surface area contributed by atoms with E-state index in [4.69, 9.17) is 5.53 Å². The summed E-state index contributed by atoms with van der Waals surface area (Å²) in [7, 11) is 1.33. The molecule has 86 valence electrons. The highest BCUT2D eigenvalue weighted by Gasteiger charge is 2.07. The summed E-state index contributed by atoms with van der Waals surface area (Å²) in [6.07, 6.45) is 3.32. The number of azide groups is 1. The SMILES string of the molecule is COC(=O)c1ccc2nc(CN=[N+]=[N-])cn2c1. The lowest BCUT2D eigenvalue weighted by molar-refractivity contribution is 0.0600. The third kappa shape index (κ3) is 2.19. The maximum Gasteiger partial charge on any atom is 0.339 e. The first-order valence-corrected chi connectivity index (χ1v) is 4.81. The number of esters is 1. The van der Waals surface area contributed by atoms with E-state index >= 15 is 0 Å². The van der Waals surface area contributed by atoms with Crippen molar-refractivity contribution in [3.8, 4) is 0 Å². The molecule has 0 fully saturated rings. The molecular formula is C10H9N5O2. The summed E-state index contributed by atoms with van der Waals surface area (Å²) in [5, 5.41) is 3.42. The Morgan fingerprint density at radius 2 is 2.41 bits per heavy atom. The first-order valence-electron chi connectivity index (χ1n) is 4.81. The maximum absolute atomic E-state index is 11.3. The highest BCUT2D eigenvalue weighted by atomic mass is 16.5. The molecule has 0 radical (unpaired) electrons. The van der Waals surface area contributed by atoms with Gasteiger partial charge in [-0.3, -0.25) is 0 Å². The van der Waals surface area contributed by atoms with Crippen molar-refractivity contribution in [2.45, 2.75) is 6.54 Å². The second-order valence-corrected chi connectivity index (χ2v) is 3.30. The summed E-state index contributed by atoms with van der Waals surface area (Å²) in [4.78, 5) is 18.2. The standard InChI is InChI=1S/C10H9N5O2/c1-17-10(16)7-2-3-9-13-8(4-12-14-11)6-15(9)5-7/h2-3,5-6H,4H2,1H3. The van der Waals surface area contributed by atoms with Gasteiger partial charge >= 0.3 is 5.97 Å². The van der Waals surface area contributed by atoms with Crippen LogP contribution in [0.25, 0.3) is 16.1 Å². The fourth-order valence-corrected chi connectivity index (χ4v) is 1.46. The number of rotatable bonds is 3. The maximum atomic E-state index is 11.3. The van der Waals surface area contributed by atoms with Gasteiger partial charge in [0, 0.05) is 17.3 Å². The minimum absolute atomic E-state index is 0.186. The van der Waals surface area contributed by atoms with Crippen molar-refractivity contribution >= 4 is 11.6 Å². The molecule has 0 aliphatic heterocycles. The first kappa shape index (κ1) is 11.0. The molecule has 0 aliphatic carbocycles. The van der Waals surface area contributed by atoms with Crippen molar-refractivity contribution in [2.24, 2.45) is 5.11 Å². The molecule has 0 saturated heterocycles. The molecule has 0 amide bonds. The largest absolute Gasteiger partial charge is 0.465 e. The van der Waals surface area contributed by atoms with Crippen LogP contribution in [0.15, 0.2) is 29.6 Å². The van der Waals surface area contributed by atoms with Crippen LogP contribution in [0.5, 0.6) is 0 Å². The van der Waals surface area contributed by atoms with Gasteiger partial charge in [0.25, 0.3) is 0 Å². The van der Waals surface area contributed by atoms with E-state index in [1.54, 1.807) is 28.9 Å². The van der Waals surface area contributed by atoms with Crippen LogP contribution < -0.4 is 0 Å². The quantitative estimate of drug-likeness (QED) is 0.349. The third-order valence-electron chi connectivity index (χ3n) is 2.22. The van der Waals surface area contributed by atoms with Crippen molar-refractivity contribution in [1.29, 1.82) is 0 Å². The lowest BCUT2D eigenvalue weighted by Crippen LogP contribution is -2.02. The Kier molecular flexibility index (Phi) is 2.93. The van der Waals surface area contributed by atoms with Crippen molar-refractivity contribution in [2.75, 3.05) is 7.11 Å². The average Bonchev–Trinajstić information content (AvgIpc) is 2.76. The van der Waals surface area contributed by atoms with Crippen LogP contribution in [-0.4, -0.2) is 22.5 Å². The van der Waals surface area contributed by atoms with Gasteiger partial charge < -0.3 is 9.14 Å². The minimum atomic E-state index is -0.405. The lowest BCUT2D eigenvalue weighted by atomic mass is 10.3. The van der Waals surface area contributed by atoms with Gasteiger partial charge in [-0.15, -0.1) is 0 Å². The number of nitrogens with zero attached hydrogens (tertiary/aromatic N) is 5. The van der Waals surface area contributed by atoms with Crippen molar-refractivity contribution in [3.63, 3.8) is 0 Å². The van der Waals surface area contributed by atoms with Gasteiger partial charge in [-0.1, -0.05) is 5.11 Å². The zero-order chi connectivity index (χ0) is 12.3. The van der Waals surface area contributed by atoms with Gasteiger partial charge in [0.15, 0.2) is 0 Å². The topological polar surface area (TPSA) is 92.4 Å². The second kappa shape index (κ2) is 4.54. The van der Waals surface area contributed by atoms with Gasteiger partial charge in [0.1, 0.15) is 5.65 Å². The lowest BCUT2D eigenvalue weighted by Gasteiger charge is -1.99. The highest BCUT2D eigenvalue weighted by Crippen LogP contribution is 2.09. The van der Waals surface area contributed by atoms with Gasteiger partial charge in [0.05, 0.1) is 24.9 Å². The Labute approximate surface area is 96.3 Å². The average molecular weight is 231 g/mol. The van der Waals surface area contributed by atoms with Crippen LogP contribution in [0.4, 0.5) is 0 Å². The molecule has 0 unspecified atom stereocenters. The molecule has 2 aromatic heterocycles. The van der Waals surface area contributed by atoms with Crippen molar-refractivity contribution < 1.29 is 9.53 Å². The molecule has 7 heteroatoms. The predicted octanol–water partition coefficient (Wildman–Crippen LogP) is 1.93. The molecule has 0 N–H and O–H groups in total. The number of hydrogen-bond acceptors (Lipinski definition) is 4. The Balaban J connectivity index is 2.40. The Morgan fingerprint density at radius 3 is 3.12 bits per heavy atom. The van der Waals surface area contributed by atoms with E-state index in [1.807, 2.05) is 0 Å². The van der Waals surface area contributed by atoms with E-state index < -0.39 is 5.97 Å². The van der Waals surface area contributed by atoms with E-state index in [0.717, 1.165) is 0 Å². The third-order valence-corrected chi connectivity index (χ3v) is 2.22. The number of hydrogen-bond donors (Lipinski definition) is 0. The zero-order valence-electron chi connectivity index (χ0n) is 9.07. The summed E-state index contributed by atoms with van der Waals surface area (Å²) in [5.41, 5.74) is 9.98. The Hall–Kier alpha value is -2.53.